The third-order valence-electron chi connectivity index (χ3n) is 3.31. The van der Waals surface area contributed by atoms with Gasteiger partial charge in [0.05, 0.1) is 13.7 Å². The van der Waals surface area contributed by atoms with E-state index < -0.39 is 21.7 Å². The van der Waals surface area contributed by atoms with Gasteiger partial charge >= 0.3 is 0 Å². The largest absolute Gasteiger partial charge is 0.495 e. The normalized spacial score (nSPS) is 13.0. The van der Waals surface area contributed by atoms with Crippen molar-refractivity contribution in [2.45, 2.75) is 37.6 Å². The highest BCUT2D eigenvalue weighted by Crippen LogP contribution is 2.26. The number of ether oxygens (including phenoxy) is 1. The molecule has 130 valence electrons. The third-order valence-corrected chi connectivity index (χ3v) is 5.13. The second kappa shape index (κ2) is 8.26. The van der Waals surface area contributed by atoms with Crippen LogP contribution in [0.4, 0.5) is 4.39 Å². The fourth-order valence-corrected chi connectivity index (χ4v) is 3.42. The van der Waals surface area contributed by atoms with E-state index >= 15 is 0 Å². The Hall–Kier alpha value is -1.67. The van der Waals surface area contributed by atoms with Gasteiger partial charge < -0.3 is 10.1 Å². The van der Waals surface area contributed by atoms with Gasteiger partial charge in [-0.2, -0.15) is 4.31 Å². The lowest BCUT2D eigenvalue weighted by Crippen LogP contribution is -2.41. The molecule has 1 N–H and O–H groups in total. The van der Waals surface area contributed by atoms with Gasteiger partial charge in [-0.15, -0.1) is 0 Å². The van der Waals surface area contributed by atoms with Crippen LogP contribution in [0.15, 0.2) is 23.1 Å². The number of hydrogen-bond donors (Lipinski definition) is 1. The summed E-state index contributed by atoms with van der Waals surface area (Å²) >= 11 is 0. The molecule has 0 unspecified atom stereocenters. The lowest BCUT2D eigenvalue weighted by atomic mass is 10.2. The molecule has 0 fully saturated rings. The number of methoxy groups -OCH3 is 1. The van der Waals surface area contributed by atoms with Crippen LogP contribution >= 0.6 is 0 Å². The molecule has 1 amide bonds. The highest BCUT2D eigenvalue weighted by molar-refractivity contribution is 7.89. The van der Waals surface area contributed by atoms with Crippen molar-refractivity contribution < 1.29 is 22.3 Å². The number of nitrogens with one attached hydrogen (secondary N) is 1. The van der Waals surface area contributed by atoms with E-state index in [1.807, 2.05) is 13.8 Å². The van der Waals surface area contributed by atoms with E-state index in [2.05, 4.69) is 5.32 Å². The van der Waals surface area contributed by atoms with Gasteiger partial charge in [0.25, 0.3) is 0 Å². The van der Waals surface area contributed by atoms with Crippen LogP contribution in [0.2, 0.25) is 0 Å². The first-order chi connectivity index (χ1) is 10.7. The molecule has 1 aromatic rings. The Bertz CT molecular complexity index is 649. The number of halogens is 1. The Kier molecular flexibility index (Phi) is 6.96. The number of rotatable bonds is 8. The number of nitrogens with zero attached hydrogens (tertiary/aromatic N) is 1. The summed E-state index contributed by atoms with van der Waals surface area (Å²) in [4.78, 5) is 11.6. The van der Waals surface area contributed by atoms with Crippen molar-refractivity contribution in [2.24, 2.45) is 0 Å². The molecule has 0 heterocycles. The predicted octanol–water partition coefficient (Wildman–Crippen LogP) is 1.76. The van der Waals surface area contributed by atoms with Crippen molar-refractivity contribution in [2.75, 3.05) is 20.7 Å². The lowest BCUT2D eigenvalue weighted by Gasteiger charge is -2.20. The van der Waals surface area contributed by atoms with Gasteiger partial charge in [0.15, 0.2) is 0 Å². The van der Waals surface area contributed by atoms with Gasteiger partial charge in [-0.3, -0.25) is 4.79 Å². The van der Waals surface area contributed by atoms with E-state index in [-0.39, 0.29) is 23.2 Å². The molecule has 6 nitrogen and oxygen atoms in total. The van der Waals surface area contributed by atoms with Gasteiger partial charge in [0, 0.05) is 13.1 Å². The average molecular weight is 346 g/mol. The van der Waals surface area contributed by atoms with Gasteiger partial charge in [-0.1, -0.05) is 13.3 Å². The molecule has 1 rings (SSSR count). The second-order valence-corrected chi connectivity index (χ2v) is 7.33. The van der Waals surface area contributed by atoms with E-state index in [1.54, 1.807) is 0 Å². The third kappa shape index (κ3) is 5.18. The number of carbonyl (C=O) groups excluding carboxylic acids is 1. The molecule has 8 heteroatoms. The maximum Gasteiger partial charge on any atom is 0.247 e. The Morgan fingerprint density at radius 1 is 1.43 bits per heavy atom. The lowest BCUT2D eigenvalue weighted by molar-refractivity contribution is -0.121. The molecular formula is C15H23FN2O4S. The molecular weight excluding hydrogens is 323 g/mol. The SMILES string of the molecule is CCC[C@@H](C)NC(=O)CN(C)S(=O)(=O)c1cc(F)ccc1OC. The molecule has 0 saturated heterocycles. The molecule has 0 bridgehead atoms. The number of carbonyl (C=O) groups is 1. The molecule has 0 spiro atoms. The molecule has 0 radical (unpaired) electrons. The minimum Gasteiger partial charge on any atom is -0.495 e. The van der Waals surface area contributed by atoms with Crippen molar-refractivity contribution in [3.8, 4) is 5.75 Å². The van der Waals surface area contributed by atoms with Crippen molar-refractivity contribution in [3.63, 3.8) is 0 Å². The minimum atomic E-state index is -4.04. The molecule has 0 saturated carbocycles. The van der Waals surface area contributed by atoms with Crippen LogP contribution in [0.5, 0.6) is 5.75 Å². The van der Waals surface area contributed by atoms with E-state index in [9.17, 15) is 17.6 Å². The molecule has 23 heavy (non-hydrogen) atoms. The highest BCUT2D eigenvalue weighted by Gasteiger charge is 2.27. The number of hydrogen-bond acceptors (Lipinski definition) is 4. The zero-order valence-corrected chi connectivity index (χ0v) is 14.6. The standard InChI is InChI=1S/C15H23FN2O4S/c1-5-6-11(2)17-15(19)10-18(3)23(20,21)14-9-12(16)7-8-13(14)22-4/h7-9,11H,5-6,10H2,1-4H3,(H,17,19)/t11-/m1/s1. The van der Waals surface area contributed by atoms with Gasteiger partial charge in [0.1, 0.15) is 16.5 Å². The highest BCUT2D eigenvalue weighted by atomic mass is 32.2. The van der Waals surface area contributed by atoms with E-state index in [0.717, 1.165) is 29.3 Å². The summed E-state index contributed by atoms with van der Waals surface area (Å²) in [6.45, 7) is 3.50. The fourth-order valence-electron chi connectivity index (χ4n) is 2.13. The van der Waals surface area contributed by atoms with E-state index in [1.165, 1.54) is 20.2 Å². The van der Waals surface area contributed by atoms with Crippen LogP contribution in [0.1, 0.15) is 26.7 Å². The summed E-state index contributed by atoms with van der Waals surface area (Å²) in [6.07, 6.45) is 1.72. The minimum absolute atomic E-state index is 0.0259. The first kappa shape index (κ1) is 19.4. The van der Waals surface area contributed by atoms with Crippen LogP contribution < -0.4 is 10.1 Å². The first-order valence-electron chi connectivity index (χ1n) is 7.31. The second-order valence-electron chi connectivity index (χ2n) is 5.31. The molecule has 0 aliphatic carbocycles. The number of benzene rings is 1. The maximum atomic E-state index is 13.4. The van der Waals surface area contributed by atoms with Crippen LogP contribution in [0.3, 0.4) is 0 Å². The smallest absolute Gasteiger partial charge is 0.247 e. The topological polar surface area (TPSA) is 75.7 Å². The maximum absolute atomic E-state index is 13.4. The van der Waals surface area contributed by atoms with E-state index in [4.69, 9.17) is 4.74 Å². The van der Waals surface area contributed by atoms with Crippen LogP contribution in [-0.4, -0.2) is 45.4 Å². The van der Waals surface area contributed by atoms with Gasteiger partial charge in [-0.25, -0.2) is 12.8 Å². The number of amides is 1. The Balaban J connectivity index is 2.92. The fraction of sp³-hybridized carbons (Fsp3) is 0.533. The summed E-state index contributed by atoms with van der Waals surface area (Å²) in [6, 6.07) is 3.19. The zero-order chi connectivity index (χ0) is 17.6. The molecule has 1 aromatic carbocycles. The van der Waals surface area contributed by atoms with Crippen molar-refractivity contribution in [1.29, 1.82) is 0 Å². The van der Waals surface area contributed by atoms with Crippen LogP contribution in [-0.2, 0) is 14.8 Å². The van der Waals surface area contributed by atoms with Crippen LogP contribution in [0, 0.1) is 5.82 Å². The Morgan fingerprint density at radius 2 is 2.09 bits per heavy atom. The molecule has 0 aliphatic heterocycles. The zero-order valence-electron chi connectivity index (χ0n) is 13.8. The Labute approximate surface area is 136 Å². The monoisotopic (exact) mass is 346 g/mol. The van der Waals surface area contributed by atoms with Gasteiger partial charge in [-0.05, 0) is 31.5 Å². The van der Waals surface area contributed by atoms with Crippen molar-refractivity contribution in [1.82, 2.24) is 9.62 Å². The number of likely N-dealkylation sites (N-methyl/N-ethyl adjacent to an activating group) is 1. The van der Waals surface area contributed by atoms with Crippen molar-refractivity contribution in [3.05, 3.63) is 24.0 Å². The Morgan fingerprint density at radius 3 is 2.65 bits per heavy atom. The molecule has 0 aliphatic rings. The summed E-state index contributed by atoms with van der Waals surface area (Å²) in [7, 11) is -1.48. The predicted molar refractivity (Wildman–Crippen MR) is 85.3 cm³/mol. The average Bonchev–Trinajstić information content (AvgIpc) is 2.47. The van der Waals surface area contributed by atoms with Gasteiger partial charge in [0.2, 0.25) is 15.9 Å². The molecule has 1 atom stereocenters. The van der Waals surface area contributed by atoms with E-state index in [0.29, 0.717) is 0 Å². The first-order valence-corrected chi connectivity index (χ1v) is 8.75. The van der Waals surface area contributed by atoms with Crippen LogP contribution in [0.25, 0.3) is 0 Å². The summed E-state index contributed by atoms with van der Waals surface area (Å²) in [5.74, 6) is -1.08. The summed E-state index contributed by atoms with van der Waals surface area (Å²) < 4.78 is 44.2. The quantitative estimate of drug-likeness (QED) is 0.778. The van der Waals surface area contributed by atoms with Crippen molar-refractivity contribution >= 4 is 15.9 Å². The summed E-state index contributed by atoms with van der Waals surface area (Å²) in [5, 5.41) is 2.72. The number of sulfonamides is 1. The summed E-state index contributed by atoms with van der Waals surface area (Å²) in [5.41, 5.74) is 0. The molecule has 0 aromatic heterocycles.